The molecule has 0 aliphatic heterocycles. The number of carbonyl (C=O) groups is 2. The molecule has 0 radical (unpaired) electrons. The van der Waals surface area contributed by atoms with Crippen LogP contribution in [-0.2, 0) is 14.3 Å². The van der Waals surface area contributed by atoms with Crippen LogP contribution < -0.4 is 0 Å². The summed E-state index contributed by atoms with van der Waals surface area (Å²) >= 11 is 0. The van der Waals surface area contributed by atoms with Gasteiger partial charge in [0.2, 0.25) is 0 Å². The van der Waals surface area contributed by atoms with Crippen molar-refractivity contribution in [2.45, 2.75) is 58.3 Å². The van der Waals surface area contributed by atoms with E-state index in [-0.39, 0.29) is 12.2 Å². The van der Waals surface area contributed by atoms with E-state index >= 15 is 0 Å². The molecule has 0 atom stereocenters. The first-order valence-corrected chi connectivity index (χ1v) is 5.79. The average molecular weight is 214 g/mol. The molecule has 3 heteroatoms. The minimum Gasteiger partial charge on any atom is -0.469 e. The van der Waals surface area contributed by atoms with Gasteiger partial charge in [-0.2, -0.15) is 0 Å². The number of esters is 1. The maximum atomic E-state index is 11.2. The fourth-order valence-electron chi connectivity index (χ4n) is 1.42. The molecule has 3 nitrogen and oxygen atoms in total. The van der Waals surface area contributed by atoms with Crippen LogP contribution in [0.4, 0.5) is 0 Å². The molecule has 0 aromatic rings. The first-order chi connectivity index (χ1) is 7.20. The summed E-state index contributed by atoms with van der Waals surface area (Å²) in [6.45, 7) is 2.18. The number of ether oxygens (including phenoxy) is 1. The Labute approximate surface area is 92.2 Å². The number of methoxy groups -OCH3 is 1. The van der Waals surface area contributed by atoms with Gasteiger partial charge in [0.25, 0.3) is 0 Å². The molecule has 0 fully saturated rings. The number of ketones is 1. The molecule has 0 aromatic carbocycles. The fraction of sp³-hybridized carbons (Fsp3) is 0.833. The summed E-state index contributed by atoms with van der Waals surface area (Å²) in [5, 5.41) is 0. The lowest BCUT2D eigenvalue weighted by Crippen LogP contribution is -2.08. The predicted molar refractivity (Wildman–Crippen MR) is 59.6 cm³/mol. The van der Waals surface area contributed by atoms with Gasteiger partial charge in [-0.15, -0.1) is 0 Å². The molecule has 0 saturated carbocycles. The van der Waals surface area contributed by atoms with E-state index in [2.05, 4.69) is 11.7 Å². The first-order valence-electron chi connectivity index (χ1n) is 5.79. The van der Waals surface area contributed by atoms with Crippen LogP contribution in [0.25, 0.3) is 0 Å². The van der Waals surface area contributed by atoms with Crippen LogP contribution in [0.1, 0.15) is 58.3 Å². The number of hydrogen-bond acceptors (Lipinski definition) is 3. The molecule has 0 aliphatic rings. The SMILES string of the molecule is CCCCCCCCC(=O)CC(=O)OC. The van der Waals surface area contributed by atoms with Gasteiger partial charge in [-0.3, -0.25) is 9.59 Å². The van der Waals surface area contributed by atoms with E-state index in [1.807, 2.05) is 0 Å². The zero-order valence-corrected chi connectivity index (χ0v) is 9.88. The average Bonchev–Trinajstić information content (AvgIpc) is 2.23. The van der Waals surface area contributed by atoms with Crippen LogP contribution >= 0.6 is 0 Å². The summed E-state index contributed by atoms with van der Waals surface area (Å²) in [6, 6.07) is 0. The summed E-state index contributed by atoms with van der Waals surface area (Å²) < 4.78 is 4.42. The second kappa shape index (κ2) is 9.69. The van der Waals surface area contributed by atoms with Gasteiger partial charge in [0.05, 0.1) is 7.11 Å². The number of hydrogen-bond donors (Lipinski definition) is 0. The van der Waals surface area contributed by atoms with E-state index < -0.39 is 5.97 Å². The Morgan fingerprint density at radius 3 is 2.20 bits per heavy atom. The van der Waals surface area contributed by atoms with Crippen molar-refractivity contribution in [1.82, 2.24) is 0 Å². The lowest BCUT2D eigenvalue weighted by Gasteiger charge is -2.00. The highest BCUT2D eigenvalue weighted by molar-refractivity contribution is 5.95. The van der Waals surface area contributed by atoms with Gasteiger partial charge >= 0.3 is 5.97 Å². The van der Waals surface area contributed by atoms with E-state index in [0.29, 0.717) is 6.42 Å². The third-order valence-corrected chi connectivity index (χ3v) is 2.38. The molecule has 0 saturated heterocycles. The molecule has 88 valence electrons. The highest BCUT2D eigenvalue weighted by Gasteiger charge is 2.08. The van der Waals surface area contributed by atoms with Crippen molar-refractivity contribution in [3.05, 3.63) is 0 Å². The van der Waals surface area contributed by atoms with Crippen molar-refractivity contribution < 1.29 is 14.3 Å². The van der Waals surface area contributed by atoms with E-state index in [9.17, 15) is 9.59 Å². The highest BCUT2D eigenvalue weighted by atomic mass is 16.5. The second-order valence-corrected chi connectivity index (χ2v) is 3.81. The molecule has 0 spiro atoms. The number of carbonyl (C=O) groups excluding carboxylic acids is 2. The molecule has 0 amide bonds. The predicted octanol–water partition coefficient (Wildman–Crippen LogP) is 2.87. The molecule has 0 heterocycles. The van der Waals surface area contributed by atoms with Crippen LogP contribution in [0.15, 0.2) is 0 Å². The molecule has 0 rings (SSSR count). The zero-order chi connectivity index (χ0) is 11.5. The van der Waals surface area contributed by atoms with Gasteiger partial charge in [-0.05, 0) is 6.42 Å². The minimum atomic E-state index is -0.425. The Morgan fingerprint density at radius 1 is 1.00 bits per heavy atom. The van der Waals surface area contributed by atoms with E-state index in [0.717, 1.165) is 12.8 Å². The Kier molecular flexibility index (Phi) is 9.13. The molecular formula is C12H22O3. The zero-order valence-electron chi connectivity index (χ0n) is 9.88. The normalized spacial score (nSPS) is 10.0. The quantitative estimate of drug-likeness (QED) is 0.337. The summed E-state index contributed by atoms with van der Waals surface area (Å²) in [4.78, 5) is 22.0. The topological polar surface area (TPSA) is 43.4 Å². The summed E-state index contributed by atoms with van der Waals surface area (Å²) in [5.74, 6) is -0.427. The van der Waals surface area contributed by atoms with Crippen molar-refractivity contribution >= 4 is 11.8 Å². The van der Waals surface area contributed by atoms with E-state index in [4.69, 9.17) is 0 Å². The van der Waals surface area contributed by atoms with Crippen molar-refractivity contribution in [2.24, 2.45) is 0 Å². The Bertz CT molecular complexity index is 187. The summed E-state index contributed by atoms with van der Waals surface area (Å²) in [6.07, 6.45) is 7.40. The summed E-state index contributed by atoms with van der Waals surface area (Å²) in [7, 11) is 1.31. The minimum absolute atomic E-state index is 0.00246. The van der Waals surface area contributed by atoms with Crippen LogP contribution in [0.3, 0.4) is 0 Å². The summed E-state index contributed by atoms with van der Waals surface area (Å²) in [5.41, 5.74) is 0. The monoisotopic (exact) mass is 214 g/mol. The van der Waals surface area contributed by atoms with Crippen molar-refractivity contribution in [1.29, 1.82) is 0 Å². The molecule has 15 heavy (non-hydrogen) atoms. The molecule has 0 N–H and O–H groups in total. The van der Waals surface area contributed by atoms with Crippen molar-refractivity contribution in [2.75, 3.05) is 7.11 Å². The third kappa shape index (κ3) is 9.44. The van der Waals surface area contributed by atoms with Crippen LogP contribution in [0.2, 0.25) is 0 Å². The molecule has 0 unspecified atom stereocenters. The smallest absolute Gasteiger partial charge is 0.313 e. The number of unbranched alkanes of at least 4 members (excludes halogenated alkanes) is 5. The lowest BCUT2D eigenvalue weighted by atomic mass is 10.1. The van der Waals surface area contributed by atoms with Crippen LogP contribution in [0, 0.1) is 0 Å². The molecule has 0 aromatic heterocycles. The number of Topliss-reactive ketones (excluding diaryl/α,β-unsaturated/α-hetero) is 1. The van der Waals surface area contributed by atoms with Gasteiger partial charge in [-0.1, -0.05) is 39.0 Å². The Balaban J connectivity index is 3.28. The maximum Gasteiger partial charge on any atom is 0.313 e. The molecule has 0 aliphatic carbocycles. The van der Waals surface area contributed by atoms with Gasteiger partial charge in [0.15, 0.2) is 0 Å². The second-order valence-electron chi connectivity index (χ2n) is 3.81. The third-order valence-electron chi connectivity index (χ3n) is 2.38. The fourth-order valence-corrected chi connectivity index (χ4v) is 1.42. The molecule has 0 bridgehead atoms. The van der Waals surface area contributed by atoms with Crippen LogP contribution in [0.5, 0.6) is 0 Å². The Hall–Kier alpha value is -0.860. The first kappa shape index (κ1) is 14.1. The number of rotatable bonds is 9. The standard InChI is InChI=1S/C12H22O3/c1-3-4-5-6-7-8-9-11(13)10-12(14)15-2/h3-10H2,1-2H3. The van der Waals surface area contributed by atoms with Gasteiger partial charge in [-0.25, -0.2) is 0 Å². The van der Waals surface area contributed by atoms with E-state index in [1.54, 1.807) is 0 Å². The highest BCUT2D eigenvalue weighted by Crippen LogP contribution is 2.08. The van der Waals surface area contributed by atoms with Crippen molar-refractivity contribution in [3.63, 3.8) is 0 Å². The van der Waals surface area contributed by atoms with Gasteiger partial charge < -0.3 is 4.74 Å². The molecular weight excluding hydrogens is 192 g/mol. The largest absolute Gasteiger partial charge is 0.469 e. The van der Waals surface area contributed by atoms with Gasteiger partial charge in [0, 0.05) is 6.42 Å². The Morgan fingerprint density at radius 2 is 1.60 bits per heavy atom. The lowest BCUT2D eigenvalue weighted by molar-refractivity contribution is -0.143. The maximum absolute atomic E-state index is 11.2. The van der Waals surface area contributed by atoms with E-state index in [1.165, 1.54) is 32.8 Å². The van der Waals surface area contributed by atoms with Crippen LogP contribution in [-0.4, -0.2) is 18.9 Å². The van der Waals surface area contributed by atoms with Crippen molar-refractivity contribution in [3.8, 4) is 0 Å². The van der Waals surface area contributed by atoms with Gasteiger partial charge in [0.1, 0.15) is 12.2 Å².